The number of halogens is 2. The van der Waals surface area contributed by atoms with Crippen molar-refractivity contribution in [3.8, 4) is 5.75 Å². The third-order valence-corrected chi connectivity index (χ3v) is 5.15. The summed E-state index contributed by atoms with van der Waals surface area (Å²) >= 11 is 0. The van der Waals surface area contributed by atoms with Gasteiger partial charge < -0.3 is 14.1 Å². The van der Waals surface area contributed by atoms with E-state index in [1.54, 1.807) is 29.3 Å². The Bertz CT molecular complexity index is 1020. The second-order valence-corrected chi connectivity index (χ2v) is 7.37. The fourth-order valence-corrected chi connectivity index (χ4v) is 3.64. The first-order chi connectivity index (χ1) is 14.6. The second kappa shape index (κ2) is 9.07. The summed E-state index contributed by atoms with van der Waals surface area (Å²) in [5, 5.41) is 0. The lowest BCUT2D eigenvalue weighted by Gasteiger charge is -2.31. The maximum atomic E-state index is 13.7. The van der Waals surface area contributed by atoms with E-state index < -0.39 is 5.82 Å². The molecular formula is C23H22F2N2O3. The van der Waals surface area contributed by atoms with E-state index in [-0.39, 0.29) is 30.0 Å². The van der Waals surface area contributed by atoms with Gasteiger partial charge in [0.25, 0.3) is 5.91 Å². The molecule has 1 saturated heterocycles. The smallest absolute Gasteiger partial charge is 0.260 e. The van der Waals surface area contributed by atoms with Crippen molar-refractivity contribution in [1.82, 2.24) is 9.88 Å². The van der Waals surface area contributed by atoms with Crippen LogP contribution >= 0.6 is 0 Å². The maximum absolute atomic E-state index is 13.7. The molecule has 0 aliphatic carbocycles. The Labute approximate surface area is 173 Å². The summed E-state index contributed by atoms with van der Waals surface area (Å²) < 4.78 is 38.2. The number of nitrogens with zero attached hydrogens (tertiary/aromatic N) is 2. The Hall–Kier alpha value is -3.22. The molecule has 0 saturated carbocycles. The van der Waals surface area contributed by atoms with E-state index in [0.717, 1.165) is 18.4 Å². The van der Waals surface area contributed by atoms with Gasteiger partial charge in [0.1, 0.15) is 11.6 Å². The number of amides is 1. The van der Waals surface area contributed by atoms with Crippen molar-refractivity contribution < 1.29 is 22.7 Å². The maximum Gasteiger partial charge on any atom is 0.260 e. The average Bonchev–Trinajstić information content (AvgIpc) is 3.21. The highest BCUT2D eigenvalue weighted by molar-refractivity contribution is 5.78. The molecule has 156 valence electrons. The molecule has 1 aliphatic heterocycles. The Morgan fingerprint density at radius 3 is 2.90 bits per heavy atom. The molecule has 4 rings (SSSR count). The van der Waals surface area contributed by atoms with Gasteiger partial charge in [-0.2, -0.15) is 0 Å². The molecule has 1 amide bonds. The largest absolute Gasteiger partial charge is 0.481 e. The van der Waals surface area contributed by atoms with Crippen LogP contribution in [0.25, 0.3) is 0 Å². The Morgan fingerprint density at radius 1 is 1.20 bits per heavy atom. The van der Waals surface area contributed by atoms with E-state index >= 15 is 0 Å². The predicted octanol–water partition coefficient (Wildman–Crippen LogP) is 4.33. The molecule has 7 heteroatoms. The summed E-state index contributed by atoms with van der Waals surface area (Å²) in [6, 6.07) is 12.4. The van der Waals surface area contributed by atoms with Crippen molar-refractivity contribution >= 4 is 5.91 Å². The third kappa shape index (κ3) is 4.84. The number of para-hydroxylation sites is 1. The minimum atomic E-state index is -0.493. The zero-order chi connectivity index (χ0) is 20.9. The highest BCUT2D eigenvalue weighted by Crippen LogP contribution is 2.27. The zero-order valence-electron chi connectivity index (χ0n) is 16.4. The Morgan fingerprint density at radius 2 is 2.07 bits per heavy atom. The number of aromatic nitrogens is 1. The summed E-state index contributed by atoms with van der Waals surface area (Å²) in [5.74, 6) is 0.301. The number of benzene rings is 2. The summed E-state index contributed by atoms with van der Waals surface area (Å²) in [5.41, 5.74) is 0.809. The minimum Gasteiger partial charge on any atom is -0.481 e. The quantitative estimate of drug-likeness (QED) is 0.605. The molecular weight excluding hydrogens is 390 g/mol. The molecule has 0 bridgehead atoms. The summed E-state index contributed by atoms with van der Waals surface area (Å²) in [6.45, 7) is 0.871. The van der Waals surface area contributed by atoms with Crippen LogP contribution in [0.1, 0.15) is 36.0 Å². The van der Waals surface area contributed by atoms with Gasteiger partial charge in [-0.1, -0.05) is 24.3 Å². The van der Waals surface area contributed by atoms with Crippen LogP contribution in [0.5, 0.6) is 5.75 Å². The summed E-state index contributed by atoms with van der Waals surface area (Å²) in [4.78, 5) is 18.6. The molecule has 2 aromatic carbocycles. The number of hydrogen-bond donors (Lipinski definition) is 0. The van der Waals surface area contributed by atoms with Gasteiger partial charge in [0.15, 0.2) is 24.1 Å². The van der Waals surface area contributed by atoms with Gasteiger partial charge in [0, 0.05) is 19.5 Å². The third-order valence-electron chi connectivity index (χ3n) is 5.15. The van der Waals surface area contributed by atoms with E-state index in [2.05, 4.69) is 4.98 Å². The van der Waals surface area contributed by atoms with Gasteiger partial charge in [-0.25, -0.2) is 13.8 Å². The van der Waals surface area contributed by atoms with Gasteiger partial charge in [-0.05, 0) is 42.7 Å². The van der Waals surface area contributed by atoms with Crippen molar-refractivity contribution in [1.29, 1.82) is 0 Å². The van der Waals surface area contributed by atoms with Crippen LogP contribution in [-0.2, 0) is 11.2 Å². The van der Waals surface area contributed by atoms with Crippen molar-refractivity contribution in [2.24, 2.45) is 0 Å². The lowest BCUT2D eigenvalue weighted by molar-refractivity contribution is -0.134. The van der Waals surface area contributed by atoms with E-state index in [1.165, 1.54) is 24.3 Å². The number of carbonyl (C=O) groups excluding carboxylic acids is 1. The lowest BCUT2D eigenvalue weighted by Crippen LogP contribution is -2.41. The number of hydrogen-bond acceptors (Lipinski definition) is 4. The highest BCUT2D eigenvalue weighted by atomic mass is 19.1. The molecule has 0 N–H and O–H groups in total. The van der Waals surface area contributed by atoms with Crippen LogP contribution in [0.2, 0.25) is 0 Å². The van der Waals surface area contributed by atoms with Gasteiger partial charge >= 0.3 is 0 Å². The fraction of sp³-hybridized carbons (Fsp3) is 0.304. The normalized spacial score (nSPS) is 16.5. The number of likely N-dealkylation sites (tertiary alicyclic amines) is 1. The zero-order valence-corrected chi connectivity index (χ0v) is 16.4. The van der Waals surface area contributed by atoms with Gasteiger partial charge in [0.05, 0.1) is 12.1 Å². The first-order valence-electron chi connectivity index (χ1n) is 9.92. The molecule has 1 atom stereocenters. The molecule has 5 nitrogen and oxygen atoms in total. The number of oxazole rings is 1. The lowest BCUT2D eigenvalue weighted by atomic mass is 9.98. The molecule has 1 fully saturated rings. The van der Waals surface area contributed by atoms with Crippen molar-refractivity contribution in [3.05, 3.63) is 83.6 Å². The van der Waals surface area contributed by atoms with Crippen LogP contribution in [0.15, 0.2) is 59.1 Å². The first kappa shape index (κ1) is 20.1. The van der Waals surface area contributed by atoms with Crippen molar-refractivity contribution in [2.75, 3.05) is 19.7 Å². The number of carbonyl (C=O) groups is 1. The minimum absolute atomic E-state index is 0.0163. The van der Waals surface area contributed by atoms with Crippen LogP contribution in [0.4, 0.5) is 8.78 Å². The van der Waals surface area contributed by atoms with E-state index in [9.17, 15) is 13.6 Å². The van der Waals surface area contributed by atoms with E-state index in [0.29, 0.717) is 31.2 Å². The molecule has 0 unspecified atom stereocenters. The molecule has 1 aromatic heterocycles. The SMILES string of the molecule is O=C(COc1ccccc1F)N1CCC[C@@H](c2ncc(Cc3cccc(F)c3)o2)C1. The average molecular weight is 412 g/mol. The van der Waals surface area contributed by atoms with Gasteiger partial charge in [-0.3, -0.25) is 4.79 Å². The van der Waals surface area contributed by atoms with Crippen molar-refractivity contribution in [3.63, 3.8) is 0 Å². The topological polar surface area (TPSA) is 55.6 Å². The molecule has 0 radical (unpaired) electrons. The first-order valence-corrected chi connectivity index (χ1v) is 9.92. The number of rotatable bonds is 6. The second-order valence-electron chi connectivity index (χ2n) is 7.37. The Kier molecular flexibility index (Phi) is 6.07. The van der Waals surface area contributed by atoms with Crippen LogP contribution in [0, 0.1) is 11.6 Å². The van der Waals surface area contributed by atoms with Crippen molar-refractivity contribution in [2.45, 2.75) is 25.2 Å². The number of piperidine rings is 1. The molecule has 3 aromatic rings. The summed E-state index contributed by atoms with van der Waals surface area (Å²) in [6.07, 6.45) is 3.79. The van der Waals surface area contributed by atoms with E-state index in [4.69, 9.17) is 9.15 Å². The Balaban J connectivity index is 1.35. The fourth-order valence-electron chi connectivity index (χ4n) is 3.64. The van der Waals surface area contributed by atoms with Gasteiger partial charge in [-0.15, -0.1) is 0 Å². The number of ether oxygens (including phenoxy) is 1. The molecule has 0 spiro atoms. The summed E-state index contributed by atoms with van der Waals surface area (Å²) in [7, 11) is 0. The van der Waals surface area contributed by atoms with Gasteiger partial charge in [0.2, 0.25) is 0 Å². The molecule has 2 heterocycles. The van der Waals surface area contributed by atoms with Crippen LogP contribution in [-0.4, -0.2) is 35.5 Å². The van der Waals surface area contributed by atoms with Crippen LogP contribution < -0.4 is 4.74 Å². The molecule has 1 aliphatic rings. The predicted molar refractivity (Wildman–Crippen MR) is 106 cm³/mol. The molecule has 30 heavy (non-hydrogen) atoms. The van der Waals surface area contributed by atoms with E-state index in [1.807, 2.05) is 6.07 Å². The highest BCUT2D eigenvalue weighted by Gasteiger charge is 2.28. The van der Waals surface area contributed by atoms with Crippen LogP contribution in [0.3, 0.4) is 0 Å². The standard InChI is InChI=1S/C23H22F2N2O3/c24-18-7-3-5-16(11-18)12-19-13-26-23(30-19)17-6-4-10-27(14-17)22(28)15-29-21-9-2-1-8-20(21)25/h1-3,5,7-9,11,13,17H,4,6,10,12,14-15H2/t17-/m1/s1. The monoisotopic (exact) mass is 412 g/mol.